The standard InChI is InChI=1S/C46H62N4O12/c1-22(2)20-50-17-15-46(16-18-50)48-34-31-32-39(55)27(7)42-33(31)43(57)45(9,62-42)60-19-14-30(59-10)24(4)41(61-28(8)52)26(6)37(53)25(5)38(54)29(21-51)13-11-12-23(3)44(58)47-36(40(32)56)35(34)49-46/h11-14,19,22,24-26,29-30,37-38,41,51,53-56H,15-18,20-21H2,1-10H3,(H,47,58)/b13-11+,19-14+,23-12-/t24-,25+,26-,29-,30+,37-,38-,41-,45+/m1/s1. The quantitative estimate of drug-likeness (QED) is 0.186. The average Bonchev–Trinajstić information content (AvgIpc) is 3.73. The molecule has 2 aromatic rings. The van der Waals surface area contributed by atoms with E-state index in [-0.39, 0.29) is 49.6 Å². The Hall–Kier alpha value is -4.87. The fourth-order valence-electron chi connectivity index (χ4n) is 9.25. The number of allylic oxidation sites excluding steroid dienone is 2. The van der Waals surface area contributed by atoms with E-state index >= 15 is 0 Å². The van der Waals surface area contributed by atoms with Crippen molar-refractivity contribution in [3.63, 3.8) is 0 Å². The topological polar surface area (TPSA) is 229 Å². The molecule has 4 aliphatic heterocycles. The molecule has 0 aromatic heterocycles. The van der Waals surface area contributed by atoms with Gasteiger partial charge in [-0.3, -0.25) is 24.4 Å². The van der Waals surface area contributed by atoms with Gasteiger partial charge < -0.3 is 54.7 Å². The number of Topliss-reactive ketones (excluding diaryl/α,β-unsaturated/α-hetero) is 1. The molecule has 4 heterocycles. The van der Waals surface area contributed by atoms with Crippen molar-refractivity contribution in [3.05, 3.63) is 58.0 Å². The number of benzene rings is 2. The van der Waals surface area contributed by atoms with Crippen molar-refractivity contribution in [3.8, 4) is 17.2 Å². The zero-order chi connectivity index (χ0) is 45.6. The number of fused-ring (bicyclic) bond motifs is 1. The number of aromatic hydroxyl groups is 2. The number of ether oxygens (including phenoxy) is 4. The lowest BCUT2D eigenvalue weighted by atomic mass is 9.78. The predicted molar refractivity (Wildman–Crippen MR) is 229 cm³/mol. The molecule has 6 rings (SSSR count). The number of carbonyl (C=O) groups is 3. The lowest BCUT2D eigenvalue weighted by Crippen LogP contribution is -2.47. The minimum atomic E-state index is -1.98. The van der Waals surface area contributed by atoms with Crippen molar-refractivity contribution in [2.45, 2.75) is 111 Å². The predicted octanol–water partition coefficient (Wildman–Crippen LogP) is 3.72. The summed E-state index contributed by atoms with van der Waals surface area (Å²) in [6, 6.07) is 0. The molecule has 0 unspecified atom stereocenters. The summed E-state index contributed by atoms with van der Waals surface area (Å²) < 4.78 is 23.9. The summed E-state index contributed by atoms with van der Waals surface area (Å²) in [5.41, 5.74) is -0.747. The zero-order valence-corrected chi connectivity index (χ0v) is 37.3. The molecule has 1 fully saturated rings. The fourth-order valence-corrected chi connectivity index (χ4v) is 9.25. The molecule has 9 atom stereocenters. The van der Waals surface area contributed by atoms with Crippen molar-refractivity contribution >= 4 is 34.1 Å². The fraction of sp³-hybridized carbons (Fsp3) is 0.587. The highest BCUT2D eigenvalue weighted by Gasteiger charge is 2.50. The molecule has 62 heavy (non-hydrogen) atoms. The van der Waals surface area contributed by atoms with Crippen molar-refractivity contribution in [2.75, 3.05) is 38.7 Å². The molecular weight excluding hydrogens is 801 g/mol. The summed E-state index contributed by atoms with van der Waals surface area (Å²) in [5.74, 6) is -7.34. The number of nitrogens with zero attached hydrogens (tertiary/aromatic N) is 3. The number of aliphatic hydroxyl groups is 3. The first-order valence-electron chi connectivity index (χ1n) is 21.4. The Morgan fingerprint density at radius 3 is 2.26 bits per heavy atom. The average molecular weight is 863 g/mol. The molecule has 1 saturated heterocycles. The van der Waals surface area contributed by atoms with Crippen LogP contribution in [0.4, 0.5) is 5.69 Å². The third-order valence-electron chi connectivity index (χ3n) is 12.9. The van der Waals surface area contributed by atoms with Crippen LogP contribution in [0.2, 0.25) is 0 Å². The summed E-state index contributed by atoms with van der Waals surface area (Å²) in [6.07, 6.45) is 4.08. The first kappa shape index (κ1) is 46.6. The number of nitrogens with one attached hydrogen (secondary N) is 1. The van der Waals surface area contributed by atoms with Crippen LogP contribution in [0.5, 0.6) is 17.2 Å². The van der Waals surface area contributed by atoms with Gasteiger partial charge in [-0.15, -0.1) is 0 Å². The molecular formula is C46H62N4O12. The van der Waals surface area contributed by atoms with E-state index in [2.05, 4.69) is 24.1 Å². The van der Waals surface area contributed by atoms with Crippen LogP contribution in [0.1, 0.15) is 84.2 Å². The molecule has 1 spiro atoms. The number of piperidine rings is 1. The molecule has 338 valence electrons. The molecule has 1 amide bonds. The van der Waals surface area contributed by atoms with Gasteiger partial charge in [0.1, 0.15) is 28.6 Å². The number of likely N-dealkylation sites (tertiary alicyclic amines) is 1. The minimum Gasteiger partial charge on any atom is -0.507 e. The third-order valence-corrected chi connectivity index (χ3v) is 12.9. The maximum absolute atomic E-state index is 14.7. The number of methoxy groups -OCH3 is 1. The largest absolute Gasteiger partial charge is 0.507 e. The van der Waals surface area contributed by atoms with Gasteiger partial charge in [-0.05, 0) is 25.8 Å². The number of ketones is 1. The van der Waals surface area contributed by atoms with Crippen LogP contribution in [-0.4, -0.2) is 117 Å². The lowest BCUT2D eigenvalue weighted by molar-refractivity contribution is -0.160. The Balaban J connectivity index is 1.55. The number of esters is 1. The van der Waals surface area contributed by atoms with Crippen LogP contribution in [0, 0.1) is 36.5 Å². The number of amides is 1. The van der Waals surface area contributed by atoms with Gasteiger partial charge in [0, 0.05) is 93.6 Å². The maximum atomic E-state index is 14.7. The third kappa shape index (κ3) is 8.59. The van der Waals surface area contributed by atoms with Gasteiger partial charge in [0.05, 0.1) is 47.5 Å². The summed E-state index contributed by atoms with van der Waals surface area (Å²) in [7, 11) is 1.44. The normalized spacial score (nSPS) is 32.3. The van der Waals surface area contributed by atoms with Gasteiger partial charge >= 0.3 is 11.8 Å². The Labute approximate surface area is 361 Å². The molecule has 16 heteroatoms. The van der Waals surface area contributed by atoms with E-state index in [9.17, 15) is 39.9 Å². The molecule has 4 bridgehead atoms. The van der Waals surface area contributed by atoms with Crippen LogP contribution >= 0.6 is 0 Å². The number of carbonyl (C=O) groups excluding carboxylic acids is 3. The lowest BCUT2D eigenvalue weighted by Gasteiger charge is -2.38. The van der Waals surface area contributed by atoms with Gasteiger partial charge in [-0.2, -0.15) is 0 Å². The van der Waals surface area contributed by atoms with Gasteiger partial charge in [-0.25, -0.2) is 0 Å². The Bertz CT molecular complexity index is 2320. The van der Waals surface area contributed by atoms with Gasteiger partial charge in [0.2, 0.25) is 0 Å². The second-order valence-corrected chi connectivity index (χ2v) is 17.9. The van der Waals surface area contributed by atoms with E-state index in [1.54, 1.807) is 20.8 Å². The molecule has 0 radical (unpaired) electrons. The number of phenolic OH excluding ortho intramolecular Hbond substituents is 2. The number of rotatable bonds is 5. The summed E-state index contributed by atoms with van der Waals surface area (Å²) in [5, 5.41) is 60.4. The van der Waals surface area contributed by atoms with Gasteiger partial charge in [-0.1, -0.05) is 52.8 Å². The van der Waals surface area contributed by atoms with Crippen LogP contribution < -0.4 is 20.8 Å². The van der Waals surface area contributed by atoms with Crippen LogP contribution in [0.15, 0.2) is 46.1 Å². The molecule has 0 saturated carbocycles. The second kappa shape index (κ2) is 18.1. The van der Waals surface area contributed by atoms with E-state index in [0.717, 1.165) is 6.54 Å². The van der Waals surface area contributed by atoms with E-state index in [0.29, 0.717) is 31.8 Å². The smallest absolute Gasteiger partial charge is 0.312 e. The van der Waals surface area contributed by atoms with Gasteiger partial charge in [0.25, 0.3) is 11.7 Å². The number of phenols is 2. The highest BCUT2D eigenvalue weighted by molar-refractivity contribution is 6.19. The van der Waals surface area contributed by atoms with E-state index < -0.39 is 95.3 Å². The molecule has 6 N–H and O–H groups in total. The SMILES string of the molecule is CO[C@H]1/C=C/O[C@@]2(C)Oc3c(C)c(O)c4c(O)c(c5c(c4c3C2=O)=NC2(CCN(CC(C)C)CC2)N=5)NC(=O)/C(C)=C\C=C\[C@H](CO)[C@H](O)[C@@H](C)[C@@H](O)[C@@H](C)[C@H](OC(C)=O)[C@@H]1C. The minimum absolute atomic E-state index is 0.0173. The van der Waals surface area contributed by atoms with Crippen molar-refractivity contribution < 1.29 is 58.9 Å². The van der Waals surface area contributed by atoms with Gasteiger partial charge in [0.15, 0.2) is 11.4 Å². The van der Waals surface area contributed by atoms with E-state index in [1.165, 1.54) is 65.4 Å². The van der Waals surface area contributed by atoms with E-state index in [1.807, 2.05) is 0 Å². The number of hydrogen-bond donors (Lipinski definition) is 6. The maximum Gasteiger partial charge on any atom is 0.312 e. The van der Waals surface area contributed by atoms with Crippen LogP contribution in [-0.2, 0) is 23.8 Å². The first-order chi connectivity index (χ1) is 29.2. The molecule has 2 aromatic carbocycles. The highest BCUT2D eigenvalue weighted by atomic mass is 16.7. The molecule has 16 nitrogen and oxygen atoms in total. The first-order valence-corrected chi connectivity index (χ1v) is 21.4. The number of hydrogen-bond acceptors (Lipinski definition) is 15. The summed E-state index contributed by atoms with van der Waals surface area (Å²) >= 11 is 0. The molecule has 4 aliphatic rings. The van der Waals surface area contributed by atoms with Crippen molar-refractivity contribution in [1.82, 2.24) is 4.90 Å². The monoisotopic (exact) mass is 862 g/mol. The zero-order valence-electron chi connectivity index (χ0n) is 37.3. The number of aliphatic hydroxyl groups excluding tert-OH is 3. The second-order valence-electron chi connectivity index (χ2n) is 17.9. The van der Waals surface area contributed by atoms with Crippen LogP contribution in [0.3, 0.4) is 0 Å². The Morgan fingerprint density at radius 1 is 0.984 bits per heavy atom. The van der Waals surface area contributed by atoms with Crippen molar-refractivity contribution in [2.24, 2.45) is 39.6 Å². The van der Waals surface area contributed by atoms with Crippen molar-refractivity contribution in [1.29, 1.82) is 0 Å². The summed E-state index contributed by atoms with van der Waals surface area (Å²) in [4.78, 5) is 53.7. The highest BCUT2D eigenvalue weighted by Crippen LogP contribution is 2.50. The Kier molecular flexibility index (Phi) is 13.6. The van der Waals surface area contributed by atoms with E-state index in [4.69, 9.17) is 28.9 Å². The number of anilines is 1. The van der Waals surface area contributed by atoms with Crippen LogP contribution in [0.25, 0.3) is 10.8 Å². The Morgan fingerprint density at radius 2 is 1.65 bits per heavy atom. The molecule has 0 aliphatic carbocycles. The summed E-state index contributed by atoms with van der Waals surface area (Å²) in [6.45, 7) is 16.9.